The Labute approximate surface area is 120 Å². The fourth-order valence-corrected chi connectivity index (χ4v) is 1.82. The maximum atomic E-state index is 11.7. The van der Waals surface area contributed by atoms with Crippen molar-refractivity contribution in [2.24, 2.45) is 0 Å². The van der Waals surface area contributed by atoms with Crippen LogP contribution in [0.1, 0.15) is 21.6 Å². The molecule has 1 aromatic carbocycles. The quantitative estimate of drug-likeness (QED) is 0.290. The molecule has 2 aromatic rings. The molecule has 0 atom stereocenters. The molecule has 0 spiro atoms. The van der Waals surface area contributed by atoms with Gasteiger partial charge < -0.3 is 20.9 Å². The summed E-state index contributed by atoms with van der Waals surface area (Å²) in [5, 5.41) is 17.6. The predicted octanol–water partition coefficient (Wildman–Crippen LogP) is 1.90. The molecule has 6 nitrogen and oxygen atoms in total. The van der Waals surface area contributed by atoms with E-state index in [4.69, 9.17) is 15.9 Å². The number of ketones is 1. The Kier molecular flexibility index (Phi) is 4.08. The molecule has 2 rings (SSSR count). The summed E-state index contributed by atoms with van der Waals surface area (Å²) in [5.74, 6) is -3.13. The van der Waals surface area contributed by atoms with Gasteiger partial charge in [-0.1, -0.05) is 12.1 Å². The van der Waals surface area contributed by atoms with E-state index in [0.717, 1.165) is 11.1 Å². The highest BCUT2D eigenvalue weighted by molar-refractivity contribution is 6.06. The zero-order valence-corrected chi connectivity index (χ0v) is 11.0. The van der Waals surface area contributed by atoms with Crippen LogP contribution in [0.15, 0.2) is 48.4 Å². The van der Waals surface area contributed by atoms with E-state index >= 15 is 0 Å². The summed E-state index contributed by atoms with van der Waals surface area (Å²) in [7, 11) is 0. The molecule has 0 bridgehead atoms. The van der Waals surface area contributed by atoms with Crippen LogP contribution in [0.3, 0.4) is 0 Å². The molecule has 0 radical (unpaired) electrons. The SMILES string of the molecule is Nc1ccc(Cc2c[nH]c(C(=O)/C=C(\O)C(=O)O)c2)cc1. The Bertz CT molecular complexity index is 699. The van der Waals surface area contributed by atoms with Crippen molar-refractivity contribution in [2.75, 3.05) is 5.73 Å². The highest BCUT2D eigenvalue weighted by atomic mass is 16.4. The van der Waals surface area contributed by atoms with Gasteiger partial charge in [-0.05, 0) is 35.7 Å². The molecule has 0 saturated carbocycles. The van der Waals surface area contributed by atoms with Gasteiger partial charge in [0.05, 0.1) is 5.69 Å². The molecule has 0 fully saturated rings. The molecule has 1 heterocycles. The number of nitrogens with two attached hydrogens (primary N) is 1. The van der Waals surface area contributed by atoms with E-state index in [1.165, 1.54) is 0 Å². The Balaban J connectivity index is 2.11. The topological polar surface area (TPSA) is 116 Å². The third-order valence-corrected chi connectivity index (χ3v) is 2.88. The number of anilines is 1. The lowest BCUT2D eigenvalue weighted by Gasteiger charge is -1.99. The van der Waals surface area contributed by atoms with E-state index in [0.29, 0.717) is 18.2 Å². The van der Waals surface area contributed by atoms with Crippen LogP contribution >= 0.6 is 0 Å². The summed E-state index contributed by atoms with van der Waals surface area (Å²) in [6, 6.07) is 8.98. The van der Waals surface area contributed by atoms with Gasteiger partial charge in [-0.3, -0.25) is 4.79 Å². The van der Waals surface area contributed by atoms with Crippen LogP contribution in [0.25, 0.3) is 0 Å². The lowest BCUT2D eigenvalue weighted by Crippen LogP contribution is -2.04. The number of aliphatic carboxylic acids is 1. The summed E-state index contributed by atoms with van der Waals surface area (Å²) in [6.45, 7) is 0. The van der Waals surface area contributed by atoms with Gasteiger partial charge in [-0.25, -0.2) is 4.79 Å². The molecular weight excluding hydrogens is 272 g/mol. The zero-order chi connectivity index (χ0) is 15.4. The van der Waals surface area contributed by atoms with E-state index in [-0.39, 0.29) is 5.69 Å². The number of rotatable bonds is 5. The second kappa shape index (κ2) is 5.96. The van der Waals surface area contributed by atoms with Crippen molar-refractivity contribution >= 4 is 17.4 Å². The van der Waals surface area contributed by atoms with Crippen LogP contribution in [-0.4, -0.2) is 26.9 Å². The van der Waals surface area contributed by atoms with Gasteiger partial charge in [0, 0.05) is 18.0 Å². The normalized spacial score (nSPS) is 11.3. The number of allylic oxidation sites excluding steroid dienone is 1. The highest BCUT2D eigenvalue weighted by Gasteiger charge is 2.11. The number of nitrogen functional groups attached to an aromatic ring is 1. The fraction of sp³-hybridized carbons (Fsp3) is 0.0667. The van der Waals surface area contributed by atoms with Crippen molar-refractivity contribution < 1.29 is 19.8 Å². The van der Waals surface area contributed by atoms with Crippen LogP contribution in [0.2, 0.25) is 0 Å². The number of carbonyl (C=O) groups is 2. The smallest absolute Gasteiger partial charge is 0.371 e. The molecule has 21 heavy (non-hydrogen) atoms. The Hall–Kier alpha value is -3.02. The number of aliphatic hydroxyl groups is 1. The molecule has 6 heteroatoms. The number of hydrogen-bond acceptors (Lipinski definition) is 4. The van der Waals surface area contributed by atoms with Crippen molar-refractivity contribution in [3.63, 3.8) is 0 Å². The molecule has 1 aromatic heterocycles. The average molecular weight is 286 g/mol. The first-order valence-electron chi connectivity index (χ1n) is 6.15. The van der Waals surface area contributed by atoms with E-state index in [2.05, 4.69) is 4.98 Å². The van der Waals surface area contributed by atoms with E-state index < -0.39 is 17.5 Å². The van der Waals surface area contributed by atoms with Crippen LogP contribution < -0.4 is 5.73 Å². The number of aromatic nitrogens is 1. The summed E-state index contributed by atoms with van der Waals surface area (Å²) in [6.07, 6.45) is 2.94. The lowest BCUT2D eigenvalue weighted by atomic mass is 10.1. The van der Waals surface area contributed by atoms with Crippen LogP contribution in [0.4, 0.5) is 5.69 Å². The van der Waals surface area contributed by atoms with Crippen LogP contribution in [-0.2, 0) is 11.2 Å². The van der Waals surface area contributed by atoms with Crippen molar-refractivity contribution in [1.82, 2.24) is 4.98 Å². The zero-order valence-electron chi connectivity index (χ0n) is 11.0. The number of aliphatic hydroxyl groups excluding tert-OH is 1. The second-order valence-corrected chi connectivity index (χ2v) is 4.54. The van der Waals surface area contributed by atoms with E-state index in [1.807, 2.05) is 12.1 Å². The van der Waals surface area contributed by atoms with Gasteiger partial charge in [0.15, 0.2) is 0 Å². The lowest BCUT2D eigenvalue weighted by molar-refractivity contribution is -0.135. The summed E-state index contributed by atoms with van der Waals surface area (Å²) in [5.41, 5.74) is 8.40. The molecule has 0 amide bonds. The first-order valence-corrected chi connectivity index (χ1v) is 6.15. The van der Waals surface area contributed by atoms with Crippen molar-refractivity contribution in [3.05, 3.63) is 65.2 Å². The maximum Gasteiger partial charge on any atom is 0.371 e. The number of carboxylic acids is 1. The van der Waals surface area contributed by atoms with Gasteiger partial charge in [0.2, 0.25) is 11.5 Å². The molecule has 0 aliphatic carbocycles. The van der Waals surface area contributed by atoms with Crippen LogP contribution in [0.5, 0.6) is 0 Å². The summed E-state index contributed by atoms with van der Waals surface area (Å²) >= 11 is 0. The standard InChI is InChI=1S/C15H14N2O4/c16-11-3-1-9(2-4-11)5-10-6-12(17-8-10)13(18)7-14(19)15(20)21/h1-4,6-8,17,19H,5,16H2,(H,20,21)/b14-7-. The molecule has 0 unspecified atom stereocenters. The number of aromatic amines is 1. The molecule has 0 aliphatic heterocycles. The minimum atomic E-state index is -1.54. The van der Waals surface area contributed by atoms with Gasteiger partial charge >= 0.3 is 5.97 Å². The average Bonchev–Trinajstić information content (AvgIpc) is 2.90. The molecule has 108 valence electrons. The Morgan fingerprint density at radius 1 is 1.14 bits per heavy atom. The molecule has 0 saturated heterocycles. The second-order valence-electron chi connectivity index (χ2n) is 4.54. The summed E-state index contributed by atoms with van der Waals surface area (Å²) < 4.78 is 0. The van der Waals surface area contributed by atoms with Crippen molar-refractivity contribution in [2.45, 2.75) is 6.42 Å². The van der Waals surface area contributed by atoms with Gasteiger partial charge in [0.25, 0.3) is 0 Å². The number of hydrogen-bond donors (Lipinski definition) is 4. The fourth-order valence-electron chi connectivity index (χ4n) is 1.82. The summed E-state index contributed by atoms with van der Waals surface area (Å²) in [4.78, 5) is 24.9. The predicted molar refractivity (Wildman–Crippen MR) is 77.1 cm³/mol. The van der Waals surface area contributed by atoms with E-state index in [1.54, 1.807) is 24.4 Å². The third kappa shape index (κ3) is 3.73. The van der Waals surface area contributed by atoms with Crippen LogP contribution in [0, 0.1) is 0 Å². The first kappa shape index (κ1) is 14.4. The first-order chi connectivity index (χ1) is 9.95. The maximum absolute atomic E-state index is 11.7. The number of nitrogens with one attached hydrogen (secondary N) is 1. The minimum absolute atomic E-state index is 0.216. The molecular formula is C15H14N2O4. The molecule has 0 aliphatic rings. The third-order valence-electron chi connectivity index (χ3n) is 2.88. The Morgan fingerprint density at radius 3 is 2.43 bits per heavy atom. The number of benzene rings is 1. The minimum Gasteiger partial charge on any atom is -0.502 e. The molecule has 5 N–H and O–H groups in total. The van der Waals surface area contributed by atoms with Crippen molar-refractivity contribution in [1.29, 1.82) is 0 Å². The monoisotopic (exact) mass is 286 g/mol. The Morgan fingerprint density at radius 2 is 1.81 bits per heavy atom. The number of carboxylic acid groups (broad SMARTS) is 1. The van der Waals surface area contributed by atoms with E-state index in [9.17, 15) is 9.59 Å². The van der Waals surface area contributed by atoms with Crippen molar-refractivity contribution in [3.8, 4) is 0 Å². The number of H-pyrrole nitrogens is 1. The number of carbonyl (C=O) groups excluding carboxylic acids is 1. The van der Waals surface area contributed by atoms with Gasteiger partial charge in [0.1, 0.15) is 0 Å². The highest BCUT2D eigenvalue weighted by Crippen LogP contribution is 2.13. The van der Waals surface area contributed by atoms with Gasteiger partial charge in [-0.15, -0.1) is 0 Å². The largest absolute Gasteiger partial charge is 0.502 e. The van der Waals surface area contributed by atoms with Gasteiger partial charge in [-0.2, -0.15) is 0 Å².